The van der Waals surface area contributed by atoms with Crippen molar-refractivity contribution >= 4 is 35.1 Å². The van der Waals surface area contributed by atoms with E-state index in [2.05, 4.69) is 19.2 Å². The van der Waals surface area contributed by atoms with Crippen LogP contribution in [0.2, 0.25) is 10.0 Å². The normalized spacial score (nSPS) is 21.4. The Labute approximate surface area is 187 Å². The maximum absolute atomic E-state index is 12.8. The lowest BCUT2D eigenvalue weighted by atomic mass is 9.72. The zero-order chi connectivity index (χ0) is 21.9. The van der Waals surface area contributed by atoms with Gasteiger partial charge in [0, 0.05) is 10.0 Å². The fraction of sp³-hybridized carbons (Fsp3) is 0.417. The van der Waals surface area contributed by atoms with Gasteiger partial charge in [-0.25, -0.2) is 4.79 Å². The quantitative estimate of drug-likeness (QED) is 0.571. The second kappa shape index (κ2) is 9.40. The van der Waals surface area contributed by atoms with Crippen LogP contribution < -0.4 is 5.32 Å². The van der Waals surface area contributed by atoms with Crippen molar-refractivity contribution in [2.24, 2.45) is 11.8 Å². The largest absolute Gasteiger partial charge is 0.480 e. The number of rotatable bonds is 6. The summed E-state index contributed by atoms with van der Waals surface area (Å²) in [4.78, 5) is 24.8. The summed E-state index contributed by atoms with van der Waals surface area (Å²) in [6.07, 6.45) is 2.54. The van der Waals surface area contributed by atoms with Gasteiger partial charge in [-0.2, -0.15) is 0 Å². The van der Waals surface area contributed by atoms with E-state index >= 15 is 0 Å². The van der Waals surface area contributed by atoms with Gasteiger partial charge in [0.05, 0.1) is 6.42 Å². The van der Waals surface area contributed by atoms with E-state index in [-0.39, 0.29) is 12.3 Å². The van der Waals surface area contributed by atoms with E-state index in [9.17, 15) is 14.7 Å². The van der Waals surface area contributed by atoms with Crippen molar-refractivity contribution in [3.63, 3.8) is 0 Å². The highest BCUT2D eigenvalue weighted by Gasteiger charge is 2.43. The summed E-state index contributed by atoms with van der Waals surface area (Å²) in [6, 6.07) is 12.9. The summed E-state index contributed by atoms with van der Waals surface area (Å²) < 4.78 is 0. The highest BCUT2D eigenvalue weighted by Crippen LogP contribution is 2.36. The monoisotopic (exact) mass is 447 g/mol. The highest BCUT2D eigenvalue weighted by molar-refractivity contribution is 6.31. The smallest absolute Gasteiger partial charge is 0.329 e. The summed E-state index contributed by atoms with van der Waals surface area (Å²) in [5.74, 6) is -0.267. The van der Waals surface area contributed by atoms with Gasteiger partial charge in [-0.05, 0) is 78.5 Å². The topological polar surface area (TPSA) is 66.4 Å². The van der Waals surface area contributed by atoms with E-state index in [0.717, 1.165) is 24.0 Å². The number of nitrogens with one attached hydrogen (secondary N) is 1. The summed E-state index contributed by atoms with van der Waals surface area (Å²) in [7, 11) is 0. The molecule has 0 heterocycles. The number of carbonyl (C=O) groups is 2. The molecule has 2 N–H and O–H groups in total. The highest BCUT2D eigenvalue weighted by atomic mass is 35.5. The Balaban J connectivity index is 1.74. The molecule has 1 aliphatic rings. The van der Waals surface area contributed by atoms with Crippen LogP contribution in [0, 0.1) is 11.8 Å². The summed E-state index contributed by atoms with van der Waals surface area (Å²) in [5.41, 5.74) is 1.36. The van der Waals surface area contributed by atoms with Gasteiger partial charge < -0.3 is 10.4 Å². The molecule has 2 aromatic carbocycles. The predicted octanol–water partition coefficient (Wildman–Crippen LogP) is 5.99. The van der Waals surface area contributed by atoms with Crippen molar-refractivity contribution < 1.29 is 14.7 Å². The van der Waals surface area contributed by atoms with Gasteiger partial charge in [-0.15, -0.1) is 0 Å². The SMILES string of the molecule is CC(C)C1CCC(NC(=O)Cc2cc(-c3ccc(Cl)cc3)ccc2Cl)(C(=O)O)CC1. The number of hydrogen-bond acceptors (Lipinski definition) is 2. The van der Waals surface area contributed by atoms with Crippen LogP contribution in [-0.4, -0.2) is 22.5 Å². The number of carbonyl (C=O) groups excluding carboxylic acids is 1. The number of amides is 1. The molecule has 1 amide bonds. The summed E-state index contributed by atoms with van der Waals surface area (Å²) >= 11 is 12.3. The third-order valence-electron chi connectivity index (χ3n) is 6.19. The van der Waals surface area contributed by atoms with Crippen LogP contribution in [0.3, 0.4) is 0 Å². The number of aliphatic carboxylic acids is 1. The number of carboxylic acid groups (broad SMARTS) is 1. The van der Waals surface area contributed by atoms with Gasteiger partial charge in [-0.1, -0.05) is 55.2 Å². The third-order valence-corrected chi connectivity index (χ3v) is 6.81. The van der Waals surface area contributed by atoms with Crippen LogP contribution in [0.4, 0.5) is 0 Å². The molecule has 0 aromatic heterocycles. The van der Waals surface area contributed by atoms with Crippen molar-refractivity contribution in [2.45, 2.75) is 51.5 Å². The zero-order valence-electron chi connectivity index (χ0n) is 17.3. The van der Waals surface area contributed by atoms with Crippen LogP contribution >= 0.6 is 23.2 Å². The molecule has 30 heavy (non-hydrogen) atoms. The molecule has 1 saturated carbocycles. The molecule has 4 nitrogen and oxygen atoms in total. The van der Waals surface area contributed by atoms with Gasteiger partial charge in [-0.3, -0.25) is 4.79 Å². The molecule has 0 atom stereocenters. The number of carboxylic acids is 1. The minimum absolute atomic E-state index is 0.0307. The third kappa shape index (κ3) is 5.16. The second-order valence-corrected chi connectivity index (χ2v) is 9.35. The lowest BCUT2D eigenvalue weighted by Crippen LogP contribution is -2.57. The van der Waals surface area contributed by atoms with Gasteiger partial charge in [0.1, 0.15) is 5.54 Å². The molecule has 0 unspecified atom stereocenters. The number of halogens is 2. The molecular weight excluding hydrogens is 421 g/mol. The Kier molecular flexibility index (Phi) is 7.10. The molecule has 6 heteroatoms. The lowest BCUT2D eigenvalue weighted by Gasteiger charge is -2.38. The zero-order valence-corrected chi connectivity index (χ0v) is 18.8. The molecule has 0 aliphatic heterocycles. The molecule has 0 bridgehead atoms. The first-order valence-corrected chi connectivity index (χ1v) is 11.0. The molecule has 160 valence electrons. The first kappa shape index (κ1) is 22.6. The fourth-order valence-corrected chi connectivity index (χ4v) is 4.52. The van der Waals surface area contributed by atoms with E-state index in [4.69, 9.17) is 23.2 Å². The predicted molar refractivity (Wildman–Crippen MR) is 121 cm³/mol. The molecule has 0 saturated heterocycles. The van der Waals surface area contributed by atoms with Crippen LogP contribution in [0.15, 0.2) is 42.5 Å². The van der Waals surface area contributed by atoms with Gasteiger partial charge in [0.25, 0.3) is 0 Å². The van der Waals surface area contributed by atoms with E-state index in [1.807, 2.05) is 36.4 Å². The Morgan fingerprint density at radius 1 is 1.07 bits per heavy atom. The lowest BCUT2D eigenvalue weighted by molar-refractivity contribution is -0.149. The van der Waals surface area contributed by atoms with E-state index in [1.165, 1.54) is 0 Å². The molecule has 3 rings (SSSR count). The average molecular weight is 448 g/mol. The number of benzene rings is 2. The maximum atomic E-state index is 12.8. The standard InChI is InChI=1S/C24H27Cl2NO3/c1-15(2)16-9-11-24(12-10-16,23(29)30)27-22(28)14-19-13-18(5-8-21(19)26)17-3-6-20(25)7-4-17/h3-8,13,15-16H,9-12,14H2,1-2H3,(H,27,28)(H,29,30). The fourth-order valence-electron chi connectivity index (χ4n) is 4.21. The summed E-state index contributed by atoms with van der Waals surface area (Å²) in [5, 5.41) is 13.8. The Bertz CT molecular complexity index is 917. The van der Waals surface area contributed by atoms with E-state index in [0.29, 0.717) is 40.3 Å². The first-order valence-electron chi connectivity index (χ1n) is 10.3. The Morgan fingerprint density at radius 3 is 2.23 bits per heavy atom. The van der Waals surface area contributed by atoms with Crippen molar-refractivity contribution in [3.05, 3.63) is 58.1 Å². The first-order chi connectivity index (χ1) is 14.2. The van der Waals surface area contributed by atoms with Crippen LogP contribution in [-0.2, 0) is 16.0 Å². The number of hydrogen-bond donors (Lipinski definition) is 2. The van der Waals surface area contributed by atoms with Gasteiger partial charge in [0.15, 0.2) is 0 Å². The van der Waals surface area contributed by atoms with Crippen molar-refractivity contribution in [2.75, 3.05) is 0 Å². The summed E-state index contributed by atoms with van der Waals surface area (Å²) in [6.45, 7) is 4.32. The molecule has 1 fully saturated rings. The van der Waals surface area contributed by atoms with Crippen molar-refractivity contribution in [1.82, 2.24) is 5.32 Å². The van der Waals surface area contributed by atoms with Crippen LogP contribution in [0.5, 0.6) is 0 Å². The maximum Gasteiger partial charge on any atom is 0.329 e. The van der Waals surface area contributed by atoms with Gasteiger partial charge in [0.2, 0.25) is 5.91 Å². The molecule has 2 aromatic rings. The second-order valence-electron chi connectivity index (χ2n) is 8.51. The van der Waals surface area contributed by atoms with E-state index in [1.54, 1.807) is 6.07 Å². The molecular formula is C24H27Cl2NO3. The van der Waals surface area contributed by atoms with Crippen molar-refractivity contribution in [1.29, 1.82) is 0 Å². The van der Waals surface area contributed by atoms with Crippen LogP contribution in [0.25, 0.3) is 11.1 Å². The average Bonchev–Trinajstić information content (AvgIpc) is 2.70. The molecule has 0 radical (unpaired) electrons. The Morgan fingerprint density at radius 2 is 1.67 bits per heavy atom. The minimum atomic E-state index is -1.19. The van der Waals surface area contributed by atoms with Crippen molar-refractivity contribution in [3.8, 4) is 11.1 Å². The Hall–Kier alpha value is -2.04. The van der Waals surface area contributed by atoms with Crippen LogP contribution in [0.1, 0.15) is 45.1 Å². The minimum Gasteiger partial charge on any atom is -0.480 e. The molecule has 1 aliphatic carbocycles. The van der Waals surface area contributed by atoms with Gasteiger partial charge >= 0.3 is 5.97 Å². The molecule has 0 spiro atoms. The van der Waals surface area contributed by atoms with E-state index < -0.39 is 11.5 Å².